The van der Waals surface area contributed by atoms with Gasteiger partial charge in [-0.1, -0.05) is 6.07 Å². The molecule has 3 rings (SSSR count). The van der Waals surface area contributed by atoms with Crippen LogP contribution < -0.4 is 0 Å². The summed E-state index contributed by atoms with van der Waals surface area (Å²) in [5.74, 6) is -3.06. The Morgan fingerprint density at radius 1 is 1.30 bits per heavy atom. The summed E-state index contributed by atoms with van der Waals surface area (Å²) < 4.78 is 38.4. The Morgan fingerprint density at radius 3 is 2.48 bits per heavy atom. The van der Waals surface area contributed by atoms with E-state index in [9.17, 15) is 33.0 Å². The molecule has 1 aliphatic carbocycles. The van der Waals surface area contributed by atoms with Gasteiger partial charge in [-0.2, -0.15) is 13.2 Å². The number of benzene rings is 1. The molecule has 0 unspecified atom stereocenters. The lowest BCUT2D eigenvalue weighted by Gasteiger charge is -2.39. The average Bonchev–Trinajstić information content (AvgIpc) is 2.70. The minimum Gasteiger partial charge on any atom is -0.506 e. The van der Waals surface area contributed by atoms with Crippen molar-refractivity contribution in [3.63, 3.8) is 0 Å². The molecule has 5 nitrogen and oxygen atoms in total. The smallest absolute Gasteiger partial charge is 0.419 e. The zero-order valence-corrected chi connectivity index (χ0v) is 11.9. The number of hydrogen-bond acceptors (Lipinski definition) is 3. The molecule has 0 aromatic heterocycles. The fraction of sp³-hybridized carbons (Fsp3) is 0.467. The van der Waals surface area contributed by atoms with Crippen LogP contribution in [0.1, 0.15) is 28.8 Å². The first-order valence-corrected chi connectivity index (χ1v) is 7.08. The topological polar surface area (TPSA) is 77.8 Å². The zero-order chi connectivity index (χ0) is 17.0. The van der Waals surface area contributed by atoms with Crippen LogP contribution in [0, 0.1) is 11.3 Å². The molecule has 1 heterocycles. The molecule has 0 radical (unpaired) electrons. The number of aliphatic carboxylic acids is 1. The first kappa shape index (κ1) is 15.6. The fourth-order valence-corrected chi connectivity index (χ4v) is 3.46. The number of carbonyl (C=O) groups excluding carboxylic acids is 1. The largest absolute Gasteiger partial charge is 0.506 e. The summed E-state index contributed by atoms with van der Waals surface area (Å²) in [7, 11) is 0. The zero-order valence-electron chi connectivity index (χ0n) is 11.9. The molecule has 1 saturated carbocycles. The lowest BCUT2D eigenvalue weighted by Crippen LogP contribution is -2.46. The third kappa shape index (κ3) is 2.24. The highest BCUT2D eigenvalue weighted by molar-refractivity contribution is 5.98. The summed E-state index contributed by atoms with van der Waals surface area (Å²) >= 11 is 0. The Bertz CT molecular complexity index is 688. The second-order valence-corrected chi connectivity index (χ2v) is 6.08. The summed E-state index contributed by atoms with van der Waals surface area (Å²) in [5, 5.41) is 19.1. The molecule has 2 aliphatic rings. The van der Waals surface area contributed by atoms with Gasteiger partial charge in [0.15, 0.2) is 0 Å². The fourth-order valence-electron chi connectivity index (χ4n) is 3.46. The van der Waals surface area contributed by atoms with Crippen LogP contribution in [0.4, 0.5) is 13.2 Å². The molecule has 1 amide bonds. The molecule has 8 heteroatoms. The molecule has 2 N–H and O–H groups in total. The summed E-state index contributed by atoms with van der Waals surface area (Å²) in [6, 6.07) is 2.85. The van der Waals surface area contributed by atoms with E-state index in [-0.39, 0.29) is 19.0 Å². The van der Waals surface area contributed by atoms with Gasteiger partial charge >= 0.3 is 12.1 Å². The molecule has 1 saturated heterocycles. The number of carboxylic acid groups (broad SMARTS) is 1. The van der Waals surface area contributed by atoms with Crippen molar-refractivity contribution in [3.8, 4) is 5.75 Å². The molecule has 23 heavy (non-hydrogen) atoms. The number of phenolic OH excluding ortho intramolecular Hbond substituents is 1. The van der Waals surface area contributed by atoms with Gasteiger partial charge in [0, 0.05) is 13.1 Å². The van der Waals surface area contributed by atoms with Crippen LogP contribution in [0.3, 0.4) is 0 Å². The number of para-hydroxylation sites is 1. The van der Waals surface area contributed by atoms with Gasteiger partial charge in [-0.3, -0.25) is 9.59 Å². The molecule has 0 bridgehead atoms. The maximum Gasteiger partial charge on any atom is 0.419 e. The number of carbonyl (C=O) groups is 2. The van der Waals surface area contributed by atoms with E-state index in [1.807, 2.05) is 0 Å². The molecule has 2 atom stereocenters. The molecule has 1 aromatic rings. The predicted molar refractivity (Wildman–Crippen MR) is 71.8 cm³/mol. The summed E-state index contributed by atoms with van der Waals surface area (Å²) in [6.07, 6.45) is -3.65. The SMILES string of the molecule is O=C(c1cccc(C(F)(F)F)c1O)N1C[C@@H]2CC[C@]2(C(=O)O)C1. The van der Waals surface area contributed by atoms with Gasteiger partial charge in [0.2, 0.25) is 0 Å². The Kier molecular flexibility index (Phi) is 3.31. The van der Waals surface area contributed by atoms with Crippen molar-refractivity contribution < 1.29 is 33.0 Å². The molecule has 0 spiro atoms. The Labute approximate surface area is 129 Å². The minimum atomic E-state index is -4.77. The standard InChI is InChI=1S/C15H14F3NO4/c16-15(17,18)10-3-1-2-9(11(10)20)12(21)19-6-8-4-5-14(8,7-19)13(22)23/h1-3,8,20H,4-7H2,(H,22,23)/t8-,14-/m0/s1. The second-order valence-electron chi connectivity index (χ2n) is 6.08. The van der Waals surface area contributed by atoms with E-state index in [2.05, 4.69) is 0 Å². The van der Waals surface area contributed by atoms with Crippen LogP contribution in [0.15, 0.2) is 18.2 Å². The molecule has 1 aliphatic heterocycles. The number of amides is 1. The van der Waals surface area contributed by atoms with Crippen LogP contribution in [0.25, 0.3) is 0 Å². The first-order chi connectivity index (χ1) is 10.7. The number of fused-ring (bicyclic) bond motifs is 1. The van der Waals surface area contributed by atoms with Crippen molar-refractivity contribution in [3.05, 3.63) is 29.3 Å². The number of phenols is 1. The second kappa shape index (κ2) is 4.87. The molecule has 124 valence electrons. The van der Waals surface area contributed by atoms with Crippen molar-refractivity contribution in [1.29, 1.82) is 0 Å². The number of rotatable bonds is 2. The van der Waals surface area contributed by atoms with Crippen LogP contribution in [0.2, 0.25) is 0 Å². The van der Waals surface area contributed by atoms with E-state index in [1.54, 1.807) is 0 Å². The molecule has 2 fully saturated rings. The number of halogens is 3. The number of carboxylic acids is 1. The molecule has 1 aromatic carbocycles. The third-order valence-corrected chi connectivity index (χ3v) is 4.92. The van der Waals surface area contributed by atoms with Crippen LogP contribution in [-0.4, -0.2) is 40.1 Å². The highest BCUT2D eigenvalue weighted by Crippen LogP contribution is 2.52. The van der Waals surface area contributed by atoms with Crippen LogP contribution in [-0.2, 0) is 11.0 Å². The van der Waals surface area contributed by atoms with Crippen molar-refractivity contribution in [2.24, 2.45) is 11.3 Å². The van der Waals surface area contributed by atoms with E-state index < -0.39 is 40.3 Å². The van der Waals surface area contributed by atoms with Gasteiger partial charge in [0.05, 0.1) is 16.5 Å². The maximum atomic E-state index is 12.8. The quantitative estimate of drug-likeness (QED) is 0.873. The Hall–Kier alpha value is -2.25. The molecular formula is C15H14F3NO4. The number of nitrogens with zero attached hydrogens (tertiary/aromatic N) is 1. The van der Waals surface area contributed by atoms with Gasteiger partial charge in [-0.15, -0.1) is 0 Å². The normalized spacial score (nSPS) is 26.6. The Balaban J connectivity index is 1.90. The lowest BCUT2D eigenvalue weighted by atomic mass is 9.62. The van der Waals surface area contributed by atoms with Gasteiger partial charge in [-0.25, -0.2) is 0 Å². The monoisotopic (exact) mass is 329 g/mol. The molecular weight excluding hydrogens is 315 g/mol. The summed E-state index contributed by atoms with van der Waals surface area (Å²) in [4.78, 5) is 25.1. The predicted octanol–water partition coefficient (Wildman–Crippen LogP) is 2.35. The average molecular weight is 329 g/mol. The summed E-state index contributed by atoms with van der Waals surface area (Å²) in [5.41, 5.74) is -2.73. The highest BCUT2D eigenvalue weighted by atomic mass is 19.4. The van der Waals surface area contributed by atoms with Gasteiger partial charge < -0.3 is 15.1 Å². The Morgan fingerprint density at radius 2 is 2.00 bits per heavy atom. The van der Waals surface area contributed by atoms with Crippen molar-refractivity contribution in [2.75, 3.05) is 13.1 Å². The number of likely N-dealkylation sites (tertiary alicyclic amines) is 1. The van der Waals surface area contributed by atoms with Crippen molar-refractivity contribution in [2.45, 2.75) is 19.0 Å². The number of alkyl halides is 3. The van der Waals surface area contributed by atoms with Crippen LogP contribution in [0.5, 0.6) is 5.75 Å². The number of hydrogen-bond donors (Lipinski definition) is 2. The van der Waals surface area contributed by atoms with E-state index in [0.29, 0.717) is 18.9 Å². The third-order valence-electron chi connectivity index (χ3n) is 4.92. The van der Waals surface area contributed by atoms with Crippen molar-refractivity contribution >= 4 is 11.9 Å². The first-order valence-electron chi connectivity index (χ1n) is 7.08. The lowest BCUT2D eigenvalue weighted by molar-refractivity contribution is -0.156. The maximum absolute atomic E-state index is 12.8. The summed E-state index contributed by atoms with van der Waals surface area (Å²) in [6.45, 7) is 0.141. The van der Waals surface area contributed by atoms with Gasteiger partial charge in [-0.05, 0) is 30.9 Å². The minimum absolute atomic E-state index is 0.0402. The van der Waals surface area contributed by atoms with Crippen LogP contribution >= 0.6 is 0 Å². The van der Waals surface area contributed by atoms with E-state index in [4.69, 9.17) is 0 Å². The highest BCUT2D eigenvalue weighted by Gasteiger charge is 2.59. The van der Waals surface area contributed by atoms with Gasteiger partial charge in [0.25, 0.3) is 5.91 Å². The van der Waals surface area contributed by atoms with Gasteiger partial charge in [0.1, 0.15) is 5.75 Å². The number of aromatic hydroxyl groups is 1. The van der Waals surface area contributed by atoms with E-state index >= 15 is 0 Å². The van der Waals surface area contributed by atoms with E-state index in [1.165, 1.54) is 4.90 Å². The van der Waals surface area contributed by atoms with Crippen molar-refractivity contribution in [1.82, 2.24) is 4.90 Å². The van der Waals surface area contributed by atoms with E-state index in [0.717, 1.165) is 12.1 Å².